The molecule has 1 aromatic rings. The van der Waals surface area contributed by atoms with Gasteiger partial charge < -0.3 is 5.73 Å². The number of rotatable bonds is 5. The number of nitrogens with zero attached hydrogens (tertiary/aromatic N) is 4. The van der Waals surface area contributed by atoms with Crippen LogP contribution in [-0.4, -0.2) is 58.3 Å². The van der Waals surface area contributed by atoms with Gasteiger partial charge in [-0.05, 0) is 13.3 Å². The highest BCUT2D eigenvalue weighted by Gasteiger charge is 2.26. The summed E-state index contributed by atoms with van der Waals surface area (Å²) in [6.45, 7) is 9.72. The summed E-state index contributed by atoms with van der Waals surface area (Å²) in [5.41, 5.74) is 7.21. The summed E-state index contributed by atoms with van der Waals surface area (Å²) >= 11 is 0. The van der Waals surface area contributed by atoms with E-state index >= 15 is 0 Å². The monoisotopic (exact) mass is 265 g/mol. The average molecular weight is 265 g/mol. The highest BCUT2D eigenvalue weighted by Crippen LogP contribution is 2.21. The molecule has 0 aromatic carbocycles. The molecule has 0 bridgehead atoms. The Morgan fingerprint density at radius 3 is 2.37 bits per heavy atom. The molecule has 0 spiro atoms. The largest absolute Gasteiger partial charge is 0.329 e. The molecule has 1 aromatic heterocycles. The van der Waals surface area contributed by atoms with Crippen LogP contribution in [0, 0.1) is 0 Å². The minimum Gasteiger partial charge on any atom is -0.329 e. The van der Waals surface area contributed by atoms with Gasteiger partial charge in [-0.15, -0.1) is 0 Å². The van der Waals surface area contributed by atoms with Gasteiger partial charge in [0.1, 0.15) is 0 Å². The smallest absolute Gasteiger partial charge is 0.0538 e. The molecule has 2 unspecified atom stereocenters. The third-order valence-corrected chi connectivity index (χ3v) is 4.34. The number of nitrogens with two attached hydrogens (primary N) is 1. The van der Waals surface area contributed by atoms with Crippen LogP contribution in [-0.2, 0) is 7.05 Å². The second-order valence-electron chi connectivity index (χ2n) is 5.53. The van der Waals surface area contributed by atoms with Crippen molar-refractivity contribution >= 4 is 0 Å². The number of hydrogen-bond donors (Lipinski definition) is 1. The van der Waals surface area contributed by atoms with Crippen molar-refractivity contribution in [3.05, 3.63) is 18.0 Å². The van der Waals surface area contributed by atoms with E-state index in [2.05, 4.69) is 34.9 Å². The second kappa shape index (κ2) is 6.50. The molecule has 5 heteroatoms. The predicted molar refractivity (Wildman–Crippen MR) is 77.9 cm³/mol. The first-order valence-electron chi connectivity index (χ1n) is 7.32. The van der Waals surface area contributed by atoms with E-state index in [9.17, 15) is 0 Å². The lowest BCUT2D eigenvalue weighted by Gasteiger charge is -2.40. The van der Waals surface area contributed by atoms with E-state index in [1.54, 1.807) is 0 Å². The number of aromatic nitrogens is 2. The molecule has 0 saturated carbocycles. The molecule has 1 aliphatic heterocycles. The Hall–Kier alpha value is -0.910. The van der Waals surface area contributed by atoms with Crippen molar-refractivity contribution in [2.75, 3.05) is 32.7 Å². The van der Waals surface area contributed by atoms with Gasteiger partial charge in [-0.3, -0.25) is 14.5 Å². The zero-order chi connectivity index (χ0) is 13.8. The molecule has 108 valence electrons. The molecule has 5 nitrogen and oxygen atoms in total. The summed E-state index contributed by atoms with van der Waals surface area (Å²) in [7, 11) is 1.96. The Labute approximate surface area is 116 Å². The molecular weight excluding hydrogens is 238 g/mol. The van der Waals surface area contributed by atoms with Crippen molar-refractivity contribution in [2.45, 2.75) is 32.4 Å². The van der Waals surface area contributed by atoms with Gasteiger partial charge in [0.2, 0.25) is 0 Å². The predicted octanol–water partition coefficient (Wildman–Crippen LogP) is 0.836. The lowest BCUT2D eigenvalue weighted by molar-refractivity contribution is 0.0743. The summed E-state index contributed by atoms with van der Waals surface area (Å²) in [5.74, 6) is 0. The topological polar surface area (TPSA) is 50.3 Å². The van der Waals surface area contributed by atoms with Crippen LogP contribution in [0.15, 0.2) is 12.4 Å². The van der Waals surface area contributed by atoms with Gasteiger partial charge >= 0.3 is 0 Å². The van der Waals surface area contributed by atoms with E-state index < -0.39 is 0 Å². The Morgan fingerprint density at radius 2 is 1.89 bits per heavy atom. The number of piperazine rings is 1. The van der Waals surface area contributed by atoms with E-state index in [1.165, 1.54) is 12.0 Å². The van der Waals surface area contributed by atoms with Gasteiger partial charge in [-0.25, -0.2) is 0 Å². The van der Waals surface area contributed by atoms with Crippen molar-refractivity contribution in [3.63, 3.8) is 0 Å². The molecule has 0 aliphatic carbocycles. The number of aryl methyl sites for hydroxylation is 1. The Balaban J connectivity index is 1.95. The molecule has 1 saturated heterocycles. The Bertz CT molecular complexity index is 381. The third kappa shape index (κ3) is 3.35. The van der Waals surface area contributed by atoms with Crippen LogP contribution < -0.4 is 5.73 Å². The minimum atomic E-state index is 0.313. The van der Waals surface area contributed by atoms with Crippen LogP contribution in [0.2, 0.25) is 0 Å². The highest BCUT2D eigenvalue weighted by atomic mass is 15.3. The minimum absolute atomic E-state index is 0.313. The van der Waals surface area contributed by atoms with Gasteiger partial charge in [-0.1, -0.05) is 6.92 Å². The summed E-state index contributed by atoms with van der Waals surface area (Å²) < 4.78 is 1.85. The Kier molecular flexibility index (Phi) is 4.96. The van der Waals surface area contributed by atoms with Gasteiger partial charge in [-0.2, -0.15) is 5.10 Å². The van der Waals surface area contributed by atoms with Gasteiger partial charge in [0.05, 0.1) is 12.2 Å². The zero-order valence-electron chi connectivity index (χ0n) is 12.4. The second-order valence-corrected chi connectivity index (χ2v) is 5.53. The van der Waals surface area contributed by atoms with Crippen LogP contribution in [0.4, 0.5) is 0 Å². The van der Waals surface area contributed by atoms with Crippen molar-refractivity contribution in [1.29, 1.82) is 0 Å². The first-order valence-corrected chi connectivity index (χ1v) is 7.32. The molecular formula is C14H27N5. The summed E-state index contributed by atoms with van der Waals surface area (Å²) in [6.07, 6.45) is 5.25. The summed E-state index contributed by atoms with van der Waals surface area (Å²) in [4.78, 5) is 5.07. The van der Waals surface area contributed by atoms with Gasteiger partial charge in [0.25, 0.3) is 0 Å². The maximum atomic E-state index is 5.97. The van der Waals surface area contributed by atoms with Crippen LogP contribution >= 0.6 is 0 Å². The quantitative estimate of drug-likeness (QED) is 0.857. The normalized spacial score (nSPS) is 21.5. The van der Waals surface area contributed by atoms with Gasteiger partial charge in [0, 0.05) is 57.6 Å². The lowest BCUT2D eigenvalue weighted by Crippen LogP contribution is -2.51. The van der Waals surface area contributed by atoms with Crippen molar-refractivity contribution in [1.82, 2.24) is 19.6 Å². The van der Waals surface area contributed by atoms with Crippen LogP contribution in [0.25, 0.3) is 0 Å². The number of hydrogen-bond acceptors (Lipinski definition) is 4. The standard InChI is InChI=1S/C14H27N5/c1-4-12(2)18-5-7-19(8-6-18)14(9-15)13-10-16-17(3)11-13/h10-12,14H,4-9,15H2,1-3H3. The molecule has 2 atom stereocenters. The zero-order valence-corrected chi connectivity index (χ0v) is 12.4. The van der Waals surface area contributed by atoms with Crippen molar-refractivity contribution < 1.29 is 0 Å². The van der Waals surface area contributed by atoms with Crippen LogP contribution in [0.3, 0.4) is 0 Å². The summed E-state index contributed by atoms with van der Waals surface area (Å²) in [5, 5.41) is 4.26. The van der Waals surface area contributed by atoms with E-state index in [0.29, 0.717) is 18.6 Å². The highest BCUT2D eigenvalue weighted by molar-refractivity contribution is 5.11. The van der Waals surface area contributed by atoms with E-state index in [4.69, 9.17) is 5.73 Å². The summed E-state index contributed by atoms with van der Waals surface area (Å²) in [6, 6.07) is 1.00. The van der Waals surface area contributed by atoms with Gasteiger partial charge in [0.15, 0.2) is 0 Å². The SMILES string of the molecule is CCC(C)N1CCN(C(CN)c2cnn(C)c2)CC1. The fraction of sp³-hybridized carbons (Fsp3) is 0.786. The maximum Gasteiger partial charge on any atom is 0.0538 e. The molecule has 1 fully saturated rings. The molecule has 2 heterocycles. The lowest BCUT2D eigenvalue weighted by atomic mass is 10.1. The van der Waals surface area contributed by atoms with Crippen LogP contribution in [0.5, 0.6) is 0 Å². The third-order valence-electron chi connectivity index (χ3n) is 4.34. The molecule has 2 rings (SSSR count). The van der Waals surface area contributed by atoms with E-state index in [-0.39, 0.29) is 0 Å². The maximum absolute atomic E-state index is 5.97. The molecule has 1 aliphatic rings. The molecule has 2 N–H and O–H groups in total. The molecule has 19 heavy (non-hydrogen) atoms. The molecule has 0 amide bonds. The van der Waals surface area contributed by atoms with Crippen molar-refractivity contribution in [2.24, 2.45) is 12.8 Å². The molecule has 0 radical (unpaired) electrons. The van der Waals surface area contributed by atoms with Crippen molar-refractivity contribution in [3.8, 4) is 0 Å². The fourth-order valence-corrected chi connectivity index (χ4v) is 2.86. The fourth-order valence-electron chi connectivity index (χ4n) is 2.86. The first kappa shape index (κ1) is 14.5. The Morgan fingerprint density at radius 1 is 1.26 bits per heavy atom. The van der Waals surface area contributed by atoms with E-state index in [1.807, 2.05) is 17.9 Å². The average Bonchev–Trinajstić information content (AvgIpc) is 2.86. The first-order chi connectivity index (χ1) is 9.15. The van der Waals surface area contributed by atoms with Crippen LogP contribution in [0.1, 0.15) is 31.9 Å². The van der Waals surface area contributed by atoms with E-state index in [0.717, 1.165) is 26.2 Å².